The first-order chi connectivity index (χ1) is 11.7. The minimum absolute atomic E-state index is 0.204. The number of carboxylic acids is 1. The minimum atomic E-state index is -0.746. The second kappa shape index (κ2) is 7.13. The molecule has 0 atom stereocenters. The number of carboxylic acid groups (broad SMARTS) is 1. The second-order valence-electron chi connectivity index (χ2n) is 5.77. The molecule has 4 nitrogen and oxygen atoms in total. The van der Waals surface area contributed by atoms with E-state index in [0.29, 0.717) is 6.42 Å². The van der Waals surface area contributed by atoms with Crippen LogP contribution in [0.4, 0.5) is 0 Å². The summed E-state index contributed by atoms with van der Waals surface area (Å²) in [6, 6.07) is 12.3. The largest absolute Gasteiger partial charge is 0.481 e. The van der Waals surface area contributed by atoms with Gasteiger partial charge < -0.3 is 9.67 Å². The van der Waals surface area contributed by atoms with Crippen molar-refractivity contribution < 1.29 is 9.90 Å². The minimum Gasteiger partial charge on any atom is -0.481 e. The lowest BCUT2D eigenvalue weighted by molar-refractivity contribution is -0.137. The molecule has 0 aliphatic rings. The zero-order valence-corrected chi connectivity index (χ0v) is 13.6. The van der Waals surface area contributed by atoms with Gasteiger partial charge in [0.1, 0.15) is 0 Å². The van der Waals surface area contributed by atoms with Crippen LogP contribution in [0.5, 0.6) is 0 Å². The van der Waals surface area contributed by atoms with Crippen LogP contribution in [0, 0.1) is 0 Å². The molecule has 24 heavy (non-hydrogen) atoms. The molecule has 0 fully saturated rings. The Balaban J connectivity index is 2.02. The van der Waals surface area contributed by atoms with E-state index < -0.39 is 5.97 Å². The molecule has 1 aromatic carbocycles. The molecular formula is C20H20N2O2. The summed E-state index contributed by atoms with van der Waals surface area (Å²) in [5.74, 6) is -0.746. The molecule has 3 rings (SSSR count). The molecule has 0 amide bonds. The van der Waals surface area contributed by atoms with Crippen LogP contribution in [-0.4, -0.2) is 20.6 Å². The summed E-state index contributed by atoms with van der Waals surface area (Å²) in [5, 5.41) is 9.92. The number of carbonyl (C=O) groups is 1. The van der Waals surface area contributed by atoms with Crippen molar-refractivity contribution in [3.8, 4) is 11.3 Å². The van der Waals surface area contributed by atoms with E-state index in [2.05, 4.69) is 46.9 Å². The Morgan fingerprint density at radius 3 is 2.83 bits per heavy atom. The van der Waals surface area contributed by atoms with E-state index in [1.54, 1.807) is 6.20 Å². The lowest BCUT2D eigenvalue weighted by Gasteiger charge is -2.05. The van der Waals surface area contributed by atoms with Crippen molar-refractivity contribution >= 4 is 22.9 Å². The van der Waals surface area contributed by atoms with Gasteiger partial charge in [0.15, 0.2) is 0 Å². The number of aromatic nitrogens is 2. The first-order valence-electron chi connectivity index (χ1n) is 8.04. The van der Waals surface area contributed by atoms with Crippen LogP contribution >= 0.6 is 0 Å². The van der Waals surface area contributed by atoms with Crippen molar-refractivity contribution in [2.75, 3.05) is 0 Å². The van der Waals surface area contributed by atoms with Crippen molar-refractivity contribution in [2.45, 2.75) is 19.3 Å². The molecule has 2 heterocycles. The Labute approximate surface area is 141 Å². The normalized spacial score (nSPS) is 11.4. The molecule has 0 saturated heterocycles. The number of aliphatic carboxylic acids is 1. The van der Waals surface area contributed by atoms with Crippen LogP contribution in [0.25, 0.3) is 28.2 Å². The van der Waals surface area contributed by atoms with E-state index in [-0.39, 0.29) is 6.42 Å². The highest BCUT2D eigenvalue weighted by Gasteiger charge is 2.14. The quantitative estimate of drug-likeness (QED) is 0.680. The molecule has 0 saturated carbocycles. The molecular weight excluding hydrogens is 300 g/mol. The molecule has 3 aromatic rings. The lowest BCUT2D eigenvalue weighted by atomic mass is 10.1. The first kappa shape index (κ1) is 16.0. The van der Waals surface area contributed by atoms with Gasteiger partial charge in [0.05, 0.1) is 5.69 Å². The topological polar surface area (TPSA) is 55.1 Å². The zero-order valence-electron chi connectivity index (χ0n) is 13.6. The van der Waals surface area contributed by atoms with Crippen molar-refractivity contribution in [2.24, 2.45) is 7.05 Å². The third-order valence-electron chi connectivity index (χ3n) is 4.13. The highest BCUT2D eigenvalue weighted by molar-refractivity contribution is 5.97. The van der Waals surface area contributed by atoms with Gasteiger partial charge in [0.2, 0.25) is 0 Å². The monoisotopic (exact) mass is 320 g/mol. The zero-order chi connectivity index (χ0) is 16.9. The average molecular weight is 320 g/mol. The maximum atomic E-state index is 10.6. The SMILES string of the molecule is Cn1c(-c2cccnc2)c(C=CCCCC(=O)O)c2ccccc21. The molecule has 0 radical (unpaired) electrons. The van der Waals surface area contributed by atoms with Crippen LogP contribution in [0.3, 0.4) is 0 Å². The number of rotatable bonds is 6. The second-order valence-corrected chi connectivity index (χ2v) is 5.77. The summed E-state index contributed by atoms with van der Waals surface area (Å²) < 4.78 is 2.18. The van der Waals surface area contributed by atoms with Gasteiger partial charge in [-0.15, -0.1) is 0 Å². The van der Waals surface area contributed by atoms with Gasteiger partial charge in [0.25, 0.3) is 0 Å². The number of nitrogens with zero attached hydrogens (tertiary/aromatic N) is 2. The fourth-order valence-corrected chi connectivity index (χ4v) is 3.02. The highest BCUT2D eigenvalue weighted by Crippen LogP contribution is 2.33. The van der Waals surface area contributed by atoms with Crippen molar-refractivity contribution in [3.63, 3.8) is 0 Å². The summed E-state index contributed by atoms with van der Waals surface area (Å²) >= 11 is 0. The summed E-state index contributed by atoms with van der Waals surface area (Å²) in [5.41, 5.74) is 4.51. The maximum Gasteiger partial charge on any atom is 0.303 e. The van der Waals surface area contributed by atoms with Crippen molar-refractivity contribution in [1.82, 2.24) is 9.55 Å². The van der Waals surface area contributed by atoms with E-state index in [1.807, 2.05) is 24.4 Å². The predicted molar refractivity (Wildman–Crippen MR) is 96.7 cm³/mol. The van der Waals surface area contributed by atoms with E-state index in [9.17, 15) is 4.79 Å². The van der Waals surface area contributed by atoms with Gasteiger partial charge in [-0.05, 0) is 31.0 Å². The number of unbranched alkanes of at least 4 members (excludes halogenated alkanes) is 1. The fraction of sp³-hybridized carbons (Fsp3) is 0.200. The van der Waals surface area contributed by atoms with E-state index in [4.69, 9.17) is 5.11 Å². The van der Waals surface area contributed by atoms with Gasteiger partial charge in [0, 0.05) is 47.9 Å². The Morgan fingerprint density at radius 2 is 2.08 bits per heavy atom. The maximum absolute atomic E-state index is 10.6. The van der Waals surface area contributed by atoms with Crippen LogP contribution in [0.1, 0.15) is 24.8 Å². The Bertz CT molecular complexity index is 879. The number of benzene rings is 1. The van der Waals surface area contributed by atoms with Gasteiger partial charge in [-0.1, -0.05) is 30.4 Å². The number of hydrogen-bond acceptors (Lipinski definition) is 2. The summed E-state index contributed by atoms with van der Waals surface area (Å²) in [7, 11) is 2.06. The van der Waals surface area contributed by atoms with Crippen LogP contribution in [0.2, 0.25) is 0 Å². The van der Waals surface area contributed by atoms with Crippen LogP contribution < -0.4 is 0 Å². The first-order valence-corrected chi connectivity index (χ1v) is 8.04. The van der Waals surface area contributed by atoms with E-state index in [0.717, 1.165) is 23.2 Å². The van der Waals surface area contributed by atoms with Gasteiger partial charge in [-0.2, -0.15) is 0 Å². The number of pyridine rings is 1. The van der Waals surface area contributed by atoms with Gasteiger partial charge >= 0.3 is 5.97 Å². The summed E-state index contributed by atoms with van der Waals surface area (Å²) in [6.45, 7) is 0. The molecule has 2 aromatic heterocycles. The number of hydrogen-bond donors (Lipinski definition) is 1. The smallest absolute Gasteiger partial charge is 0.303 e. The van der Waals surface area contributed by atoms with Crippen molar-refractivity contribution in [3.05, 3.63) is 60.4 Å². The lowest BCUT2D eigenvalue weighted by Crippen LogP contribution is -1.93. The molecule has 122 valence electrons. The molecule has 1 N–H and O–H groups in total. The number of allylic oxidation sites excluding steroid dienone is 1. The Morgan fingerprint density at radius 1 is 1.25 bits per heavy atom. The standard InChI is InChI=1S/C20H20N2O2/c1-22-18-11-6-5-9-16(18)17(10-3-2-4-12-19(23)24)20(22)15-8-7-13-21-14-15/h3,5-11,13-14H,2,4,12H2,1H3,(H,23,24). The van der Waals surface area contributed by atoms with Gasteiger partial charge in [-0.25, -0.2) is 0 Å². The highest BCUT2D eigenvalue weighted by atomic mass is 16.4. The molecule has 0 spiro atoms. The molecule has 0 aliphatic heterocycles. The number of para-hydroxylation sites is 1. The number of aryl methyl sites for hydroxylation is 1. The fourth-order valence-electron chi connectivity index (χ4n) is 3.02. The van der Waals surface area contributed by atoms with E-state index in [1.165, 1.54) is 10.9 Å². The molecule has 0 unspecified atom stereocenters. The van der Waals surface area contributed by atoms with E-state index >= 15 is 0 Å². The molecule has 0 bridgehead atoms. The average Bonchev–Trinajstić information content (AvgIpc) is 2.88. The summed E-state index contributed by atoms with van der Waals surface area (Å²) in [4.78, 5) is 14.9. The summed E-state index contributed by atoms with van der Waals surface area (Å²) in [6.07, 6.45) is 9.41. The third kappa shape index (κ3) is 3.23. The molecule has 4 heteroatoms. The van der Waals surface area contributed by atoms with Crippen LogP contribution in [0.15, 0.2) is 54.9 Å². The Hall–Kier alpha value is -2.88. The van der Waals surface area contributed by atoms with Crippen molar-refractivity contribution in [1.29, 1.82) is 0 Å². The van der Waals surface area contributed by atoms with Crippen LogP contribution in [-0.2, 0) is 11.8 Å². The Kier molecular flexibility index (Phi) is 4.75. The van der Waals surface area contributed by atoms with Gasteiger partial charge in [-0.3, -0.25) is 9.78 Å². The number of fused-ring (bicyclic) bond motifs is 1. The molecule has 0 aliphatic carbocycles. The third-order valence-corrected chi connectivity index (χ3v) is 4.13. The predicted octanol–water partition coefficient (Wildman–Crippen LogP) is 4.51.